The normalized spacial score (nSPS) is 15.2. The fraction of sp³-hybridized carbons (Fsp3) is 0.346. The second-order valence-electron chi connectivity index (χ2n) is 8.60. The first-order chi connectivity index (χ1) is 16.3. The summed E-state index contributed by atoms with van der Waals surface area (Å²) in [6.07, 6.45) is 0.0436. The number of hydrogen-bond acceptors (Lipinski definition) is 6. The molecule has 34 heavy (non-hydrogen) atoms. The number of anilines is 2. The van der Waals surface area contributed by atoms with Gasteiger partial charge >= 0.3 is 0 Å². The molecule has 0 radical (unpaired) electrons. The lowest BCUT2D eigenvalue weighted by Gasteiger charge is -2.29. The number of hydrogen-bond donors (Lipinski definition) is 2. The van der Waals surface area contributed by atoms with Gasteiger partial charge in [-0.15, -0.1) is 5.10 Å². The monoisotopic (exact) mass is 477 g/mol. The third-order valence-electron chi connectivity index (χ3n) is 5.75. The van der Waals surface area contributed by atoms with Gasteiger partial charge < -0.3 is 15.4 Å². The topological polar surface area (TPSA) is 81.1 Å². The SMILES string of the molecule is CCSc1nc2n(n1)C(c1cccc(OC(C)C)c1)C(C(=O)Nc1cccc(C)c1C)=C(C)N2. The van der Waals surface area contributed by atoms with E-state index >= 15 is 0 Å². The number of thioether (sulfide) groups is 1. The first-order valence-corrected chi connectivity index (χ1v) is 12.5. The van der Waals surface area contributed by atoms with Crippen molar-refractivity contribution in [3.63, 3.8) is 0 Å². The molecule has 1 atom stereocenters. The molecule has 2 aromatic carbocycles. The summed E-state index contributed by atoms with van der Waals surface area (Å²) in [7, 11) is 0. The molecule has 0 saturated heterocycles. The van der Waals surface area contributed by atoms with Crippen molar-refractivity contribution in [3.8, 4) is 5.75 Å². The average molecular weight is 478 g/mol. The second-order valence-corrected chi connectivity index (χ2v) is 9.83. The average Bonchev–Trinajstić information content (AvgIpc) is 3.17. The number of carbonyl (C=O) groups excluding carboxylic acids is 1. The predicted molar refractivity (Wildman–Crippen MR) is 138 cm³/mol. The lowest BCUT2D eigenvalue weighted by Crippen LogP contribution is -2.31. The largest absolute Gasteiger partial charge is 0.491 e. The minimum Gasteiger partial charge on any atom is -0.491 e. The number of allylic oxidation sites excluding steroid dienone is 1. The Balaban J connectivity index is 1.79. The van der Waals surface area contributed by atoms with E-state index in [2.05, 4.69) is 22.5 Å². The number of rotatable bonds is 7. The van der Waals surface area contributed by atoms with Crippen LogP contribution in [0.5, 0.6) is 5.75 Å². The van der Waals surface area contributed by atoms with E-state index in [9.17, 15) is 4.79 Å². The standard InChI is InChI=1S/C26H31N5O2S/c1-7-34-26-29-25-27-18(6)22(24(32)28-21-13-8-10-16(4)17(21)5)23(31(25)30-26)19-11-9-12-20(14-19)33-15(2)3/h8-15,23H,7H2,1-6H3,(H,28,32)(H,27,29,30). The third-order valence-corrected chi connectivity index (χ3v) is 6.47. The number of aromatic nitrogens is 3. The summed E-state index contributed by atoms with van der Waals surface area (Å²) in [6.45, 7) is 12.0. The Labute approximate surface area is 205 Å². The van der Waals surface area contributed by atoms with Crippen molar-refractivity contribution in [1.82, 2.24) is 14.8 Å². The number of carbonyl (C=O) groups is 1. The van der Waals surface area contributed by atoms with E-state index in [1.54, 1.807) is 16.4 Å². The van der Waals surface area contributed by atoms with Gasteiger partial charge in [-0.3, -0.25) is 4.79 Å². The smallest absolute Gasteiger partial charge is 0.255 e. The Morgan fingerprint density at radius 2 is 1.97 bits per heavy atom. The summed E-state index contributed by atoms with van der Waals surface area (Å²) in [6, 6.07) is 13.3. The van der Waals surface area contributed by atoms with Crippen molar-refractivity contribution in [2.45, 2.75) is 58.8 Å². The zero-order chi connectivity index (χ0) is 24.4. The first-order valence-electron chi connectivity index (χ1n) is 11.5. The molecule has 0 bridgehead atoms. The number of nitrogens with zero attached hydrogens (tertiary/aromatic N) is 3. The minimum absolute atomic E-state index is 0.0436. The van der Waals surface area contributed by atoms with Gasteiger partial charge in [0.2, 0.25) is 11.1 Å². The number of amides is 1. The number of fused-ring (bicyclic) bond motifs is 1. The highest BCUT2D eigenvalue weighted by Crippen LogP contribution is 2.38. The van der Waals surface area contributed by atoms with Gasteiger partial charge in [-0.25, -0.2) is 4.68 Å². The summed E-state index contributed by atoms with van der Waals surface area (Å²) < 4.78 is 7.75. The van der Waals surface area contributed by atoms with Crippen LogP contribution in [0.25, 0.3) is 0 Å². The first kappa shape index (κ1) is 23.9. The summed E-state index contributed by atoms with van der Waals surface area (Å²) in [4.78, 5) is 18.4. The predicted octanol–water partition coefficient (Wildman–Crippen LogP) is 5.72. The van der Waals surface area contributed by atoms with Gasteiger partial charge in [0.25, 0.3) is 5.91 Å². The highest BCUT2D eigenvalue weighted by atomic mass is 32.2. The van der Waals surface area contributed by atoms with Gasteiger partial charge in [0.1, 0.15) is 11.8 Å². The summed E-state index contributed by atoms with van der Waals surface area (Å²) >= 11 is 1.57. The second kappa shape index (κ2) is 9.93. The van der Waals surface area contributed by atoms with E-state index in [4.69, 9.17) is 9.84 Å². The van der Waals surface area contributed by atoms with Crippen molar-refractivity contribution in [2.24, 2.45) is 0 Å². The molecule has 2 heterocycles. The molecular weight excluding hydrogens is 446 g/mol. The van der Waals surface area contributed by atoms with Crippen LogP contribution in [-0.2, 0) is 4.79 Å². The number of aryl methyl sites for hydroxylation is 1. The third kappa shape index (κ3) is 4.82. The molecule has 1 aliphatic heterocycles. The molecule has 0 aliphatic carbocycles. The van der Waals surface area contributed by atoms with Crippen LogP contribution in [0.3, 0.4) is 0 Å². The fourth-order valence-electron chi connectivity index (χ4n) is 4.03. The van der Waals surface area contributed by atoms with Crippen LogP contribution in [0, 0.1) is 13.8 Å². The van der Waals surface area contributed by atoms with Crippen LogP contribution in [0.2, 0.25) is 0 Å². The minimum atomic E-state index is -0.448. The molecule has 0 saturated carbocycles. The van der Waals surface area contributed by atoms with E-state index in [-0.39, 0.29) is 12.0 Å². The van der Waals surface area contributed by atoms with E-state index in [0.717, 1.165) is 39.6 Å². The van der Waals surface area contributed by atoms with Crippen LogP contribution in [0.1, 0.15) is 50.4 Å². The molecule has 0 fully saturated rings. The molecule has 8 heteroatoms. The van der Waals surface area contributed by atoms with E-state index < -0.39 is 6.04 Å². The number of nitrogens with one attached hydrogen (secondary N) is 2. The van der Waals surface area contributed by atoms with E-state index in [1.807, 2.05) is 77.1 Å². The van der Waals surface area contributed by atoms with Gasteiger partial charge in [0.15, 0.2) is 0 Å². The van der Waals surface area contributed by atoms with Crippen molar-refractivity contribution in [1.29, 1.82) is 0 Å². The van der Waals surface area contributed by atoms with E-state index in [1.165, 1.54) is 0 Å². The zero-order valence-electron chi connectivity index (χ0n) is 20.5. The van der Waals surface area contributed by atoms with Gasteiger partial charge in [-0.05, 0) is 75.3 Å². The molecule has 7 nitrogen and oxygen atoms in total. The molecule has 1 unspecified atom stereocenters. The van der Waals surface area contributed by atoms with Crippen molar-refractivity contribution >= 4 is 29.3 Å². The highest BCUT2D eigenvalue weighted by molar-refractivity contribution is 7.99. The highest BCUT2D eigenvalue weighted by Gasteiger charge is 2.34. The molecule has 0 spiro atoms. The summed E-state index contributed by atoms with van der Waals surface area (Å²) in [5, 5.41) is 11.8. The molecule has 1 amide bonds. The molecule has 2 N–H and O–H groups in total. The van der Waals surface area contributed by atoms with Gasteiger partial charge in [-0.2, -0.15) is 4.98 Å². The van der Waals surface area contributed by atoms with Gasteiger partial charge in [-0.1, -0.05) is 43.0 Å². The Bertz CT molecular complexity index is 1250. The van der Waals surface area contributed by atoms with Crippen LogP contribution in [-0.4, -0.2) is 32.5 Å². The van der Waals surface area contributed by atoms with Gasteiger partial charge in [0.05, 0.1) is 11.7 Å². The Hall–Kier alpha value is -3.26. The maximum atomic E-state index is 13.7. The lowest BCUT2D eigenvalue weighted by molar-refractivity contribution is -0.113. The number of benzene rings is 2. The Morgan fingerprint density at radius 1 is 1.21 bits per heavy atom. The molecule has 1 aromatic heterocycles. The summed E-state index contributed by atoms with van der Waals surface area (Å²) in [5.41, 5.74) is 5.21. The quantitative estimate of drug-likeness (QED) is 0.424. The molecule has 4 rings (SSSR count). The lowest BCUT2D eigenvalue weighted by atomic mass is 9.94. The van der Waals surface area contributed by atoms with Crippen molar-refractivity contribution in [3.05, 3.63) is 70.4 Å². The van der Waals surface area contributed by atoms with Crippen molar-refractivity contribution < 1.29 is 9.53 Å². The molecule has 3 aromatic rings. The van der Waals surface area contributed by atoms with Gasteiger partial charge in [0, 0.05) is 11.4 Å². The van der Waals surface area contributed by atoms with Crippen LogP contribution in [0.15, 0.2) is 58.9 Å². The van der Waals surface area contributed by atoms with E-state index in [0.29, 0.717) is 16.7 Å². The number of ether oxygens (including phenoxy) is 1. The molecule has 178 valence electrons. The fourth-order valence-corrected chi connectivity index (χ4v) is 4.59. The molecule has 1 aliphatic rings. The van der Waals surface area contributed by atoms with Crippen LogP contribution in [0.4, 0.5) is 11.6 Å². The van der Waals surface area contributed by atoms with Crippen LogP contribution < -0.4 is 15.4 Å². The molecular formula is C26H31N5O2S. The van der Waals surface area contributed by atoms with Crippen LogP contribution >= 0.6 is 11.8 Å². The Morgan fingerprint density at radius 3 is 2.71 bits per heavy atom. The summed E-state index contributed by atoms with van der Waals surface area (Å²) in [5.74, 6) is 2.06. The van der Waals surface area contributed by atoms with Crippen molar-refractivity contribution in [2.75, 3.05) is 16.4 Å². The Kier molecular flexibility index (Phi) is 6.97. The zero-order valence-corrected chi connectivity index (χ0v) is 21.3. The maximum Gasteiger partial charge on any atom is 0.255 e. The maximum absolute atomic E-state index is 13.7.